The van der Waals surface area contributed by atoms with E-state index in [0.717, 1.165) is 12.8 Å². The van der Waals surface area contributed by atoms with Crippen LogP contribution >= 0.6 is 11.6 Å². The van der Waals surface area contributed by atoms with E-state index in [1.165, 1.54) is 14.2 Å². The van der Waals surface area contributed by atoms with E-state index >= 15 is 0 Å². The summed E-state index contributed by atoms with van der Waals surface area (Å²) < 4.78 is 10.5. The van der Waals surface area contributed by atoms with Crippen molar-refractivity contribution in [3.05, 3.63) is 17.2 Å². The maximum Gasteiger partial charge on any atom is 0.227 e. The normalized spacial score (nSPS) is 18.0. The lowest BCUT2D eigenvalue weighted by Crippen LogP contribution is -2.42. The van der Waals surface area contributed by atoms with Gasteiger partial charge in [0, 0.05) is 31.0 Å². The van der Waals surface area contributed by atoms with Gasteiger partial charge in [0.1, 0.15) is 11.5 Å². The average Bonchev–Trinajstić information content (AvgIpc) is 3.46. The number of hydrogen-bond acceptors (Lipinski definition) is 4. The quantitative estimate of drug-likeness (QED) is 0.870. The zero-order chi connectivity index (χ0) is 18.0. The monoisotopic (exact) mass is 366 g/mol. The molecule has 136 valence electrons. The van der Waals surface area contributed by atoms with E-state index in [2.05, 4.69) is 5.32 Å². The first-order valence-corrected chi connectivity index (χ1v) is 8.92. The minimum atomic E-state index is -0.117. The van der Waals surface area contributed by atoms with Crippen molar-refractivity contribution in [3.8, 4) is 11.5 Å². The molecule has 0 bridgehead atoms. The lowest BCUT2D eigenvalue weighted by molar-refractivity contribution is -0.135. The van der Waals surface area contributed by atoms with Crippen LogP contribution in [0.4, 0.5) is 5.69 Å². The number of likely N-dealkylation sites (tertiary alicyclic amines) is 1. The van der Waals surface area contributed by atoms with Gasteiger partial charge < -0.3 is 19.7 Å². The number of ether oxygens (including phenoxy) is 2. The Kier molecular flexibility index (Phi) is 5.37. The molecule has 2 amide bonds. The van der Waals surface area contributed by atoms with Crippen LogP contribution in [0.2, 0.25) is 5.02 Å². The summed E-state index contributed by atoms with van der Waals surface area (Å²) in [7, 11) is 3.05. The van der Waals surface area contributed by atoms with Crippen molar-refractivity contribution in [2.24, 2.45) is 11.8 Å². The Bertz CT molecular complexity index is 667. The third kappa shape index (κ3) is 4.00. The van der Waals surface area contributed by atoms with E-state index in [9.17, 15) is 9.59 Å². The number of nitrogens with zero attached hydrogens (tertiary/aromatic N) is 1. The predicted octanol–water partition coefficient (Wildman–Crippen LogP) is 2.94. The maximum absolute atomic E-state index is 12.6. The number of nitrogens with one attached hydrogen (secondary N) is 1. The highest BCUT2D eigenvalue weighted by Crippen LogP contribution is 2.37. The van der Waals surface area contributed by atoms with Gasteiger partial charge in [0.15, 0.2) is 0 Å². The molecule has 1 saturated carbocycles. The summed E-state index contributed by atoms with van der Waals surface area (Å²) in [6.45, 7) is 1.29. The molecule has 1 N–H and O–H groups in total. The van der Waals surface area contributed by atoms with E-state index in [-0.39, 0.29) is 23.7 Å². The van der Waals surface area contributed by atoms with Gasteiger partial charge in [-0.3, -0.25) is 9.59 Å². The lowest BCUT2D eigenvalue weighted by atomic mass is 9.95. The summed E-state index contributed by atoms with van der Waals surface area (Å²) in [4.78, 5) is 26.6. The molecule has 1 aromatic rings. The van der Waals surface area contributed by atoms with Crippen LogP contribution in [-0.4, -0.2) is 44.0 Å². The van der Waals surface area contributed by atoms with Crippen molar-refractivity contribution < 1.29 is 19.1 Å². The zero-order valence-electron chi connectivity index (χ0n) is 14.5. The number of rotatable bonds is 5. The highest BCUT2D eigenvalue weighted by molar-refractivity contribution is 6.32. The predicted molar refractivity (Wildman–Crippen MR) is 95.2 cm³/mol. The average molecular weight is 367 g/mol. The van der Waals surface area contributed by atoms with Gasteiger partial charge >= 0.3 is 0 Å². The molecule has 1 heterocycles. The molecule has 0 atom stereocenters. The van der Waals surface area contributed by atoms with Crippen LogP contribution < -0.4 is 14.8 Å². The third-order valence-corrected chi connectivity index (χ3v) is 5.13. The number of hydrogen-bond donors (Lipinski definition) is 1. The minimum Gasteiger partial charge on any atom is -0.495 e. The first-order chi connectivity index (χ1) is 12.0. The topological polar surface area (TPSA) is 67.9 Å². The second kappa shape index (κ2) is 7.52. The van der Waals surface area contributed by atoms with Gasteiger partial charge in [-0.15, -0.1) is 0 Å². The molecule has 2 aliphatic rings. The summed E-state index contributed by atoms with van der Waals surface area (Å²) >= 11 is 6.14. The fourth-order valence-electron chi connectivity index (χ4n) is 3.14. The van der Waals surface area contributed by atoms with Gasteiger partial charge in [-0.2, -0.15) is 0 Å². The first-order valence-electron chi connectivity index (χ1n) is 8.54. The van der Waals surface area contributed by atoms with E-state index in [0.29, 0.717) is 48.1 Å². The molecule has 0 unspecified atom stereocenters. The molecular formula is C18H23ClN2O4. The standard InChI is InChI=1S/C18H23ClN2O4/c1-24-15-10-16(25-2)14(9-13(15)19)20-17(22)11-5-7-21(8-6-11)18(23)12-3-4-12/h9-12H,3-8H2,1-2H3,(H,20,22). The third-order valence-electron chi connectivity index (χ3n) is 4.84. The molecule has 2 fully saturated rings. The lowest BCUT2D eigenvalue weighted by Gasteiger charge is -2.31. The molecule has 1 aliphatic carbocycles. The van der Waals surface area contributed by atoms with Crippen LogP contribution in [0.3, 0.4) is 0 Å². The van der Waals surface area contributed by atoms with Crippen molar-refractivity contribution >= 4 is 29.1 Å². The fourth-order valence-corrected chi connectivity index (χ4v) is 3.38. The number of piperidine rings is 1. The first kappa shape index (κ1) is 17.9. The Morgan fingerprint density at radius 3 is 2.24 bits per heavy atom. The molecule has 0 aromatic heterocycles. The van der Waals surface area contributed by atoms with Crippen LogP contribution in [0.15, 0.2) is 12.1 Å². The molecule has 1 aliphatic heterocycles. The van der Waals surface area contributed by atoms with Gasteiger partial charge in [-0.05, 0) is 31.7 Å². The van der Waals surface area contributed by atoms with Gasteiger partial charge in [-0.1, -0.05) is 11.6 Å². The molecule has 6 nitrogen and oxygen atoms in total. The van der Waals surface area contributed by atoms with Gasteiger partial charge in [-0.25, -0.2) is 0 Å². The van der Waals surface area contributed by atoms with Gasteiger partial charge in [0.05, 0.1) is 24.9 Å². The highest BCUT2D eigenvalue weighted by atomic mass is 35.5. The van der Waals surface area contributed by atoms with Crippen LogP contribution in [0.5, 0.6) is 11.5 Å². The number of anilines is 1. The summed E-state index contributed by atoms with van der Waals surface area (Å²) in [5.74, 6) is 1.28. The maximum atomic E-state index is 12.6. The molecule has 1 aromatic carbocycles. The number of carbonyl (C=O) groups is 2. The van der Waals surface area contributed by atoms with Crippen LogP contribution in [0, 0.1) is 11.8 Å². The molecule has 7 heteroatoms. The Morgan fingerprint density at radius 2 is 1.68 bits per heavy atom. The summed E-state index contributed by atoms with van der Waals surface area (Å²) in [5.41, 5.74) is 0.523. The van der Waals surface area contributed by atoms with Crippen molar-refractivity contribution in [1.29, 1.82) is 0 Å². The van der Waals surface area contributed by atoms with E-state index in [1.54, 1.807) is 12.1 Å². The molecule has 0 radical (unpaired) electrons. The van der Waals surface area contributed by atoms with Gasteiger partial charge in [0.2, 0.25) is 11.8 Å². The second-order valence-electron chi connectivity index (χ2n) is 6.55. The molecule has 1 saturated heterocycles. The SMILES string of the molecule is COc1cc(OC)c(NC(=O)C2CCN(C(=O)C3CC3)CC2)cc1Cl. The van der Waals surface area contributed by atoms with Crippen molar-refractivity contribution in [1.82, 2.24) is 4.90 Å². The van der Waals surface area contributed by atoms with Crippen molar-refractivity contribution in [2.75, 3.05) is 32.6 Å². The van der Waals surface area contributed by atoms with Crippen LogP contribution in [0.25, 0.3) is 0 Å². The largest absolute Gasteiger partial charge is 0.495 e. The second-order valence-corrected chi connectivity index (χ2v) is 6.96. The van der Waals surface area contributed by atoms with Gasteiger partial charge in [0.25, 0.3) is 0 Å². The summed E-state index contributed by atoms with van der Waals surface area (Å²) in [5, 5.41) is 3.30. The summed E-state index contributed by atoms with van der Waals surface area (Å²) in [6, 6.07) is 3.28. The Balaban J connectivity index is 1.61. The Hall–Kier alpha value is -1.95. The summed E-state index contributed by atoms with van der Waals surface area (Å²) in [6.07, 6.45) is 3.38. The zero-order valence-corrected chi connectivity index (χ0v) is 15.3. The minimum absolute atomic E-state index is 0.0712. The number of halogens is 1. The molecular weight excluding hydrogens is 344 g/mol. The Labute approximate surface area is 152 Å². The number of benzene rings is 1. The Morgan fingerprint density at radius 1 is 1.04 bits per heavy atom. The number of carbonyl (C=O) groups excluding carboxylic acids is 2. The number of amides is 2. The van der Waals surface area contributed by atoms with Crippen molar-refractivity contribution in [2.45, 2.75) is 25.7 Å². The van der Waals surface area contributed by atoms with Crippen molar-refractivity contribution in [3.63, 3.8) is 0 Å². The van der Waals surface area contributed by atoms with E-state index < -0.39 is 0 Å². The fraction of sp³-hybridized carbons (Fsp3) is 0.556. The van der Waals surface area contributed by atoms with Crippen LogP contribution in [-0.2, 0) is 9.59 Å². The number of methoxy groups -OCH3 is 2. The highest BCUT2D eigenvalue weighted by Gasteiger charge is 2.36. The molecule has 3 rings (SSSR count). The molecule has 25 heavy (non-hydrogen) atoms. The van der Waals surface area contributed by atoms with E-state index in [1.807, 2.05) is 4.90 Å². The van der Waals surface area contributed by atoms with Crippen LogP contribution in [0.1, 0.15) is 25.7 Å². The van der Waals surface area contributed by atoms with E-state index in [4.69, 9.17) is 21.1 Å². The smallest absolute Gasteiger partial charge is 0.227 e. The molecule has 0 spiro atoms.